The molecule has 0 spiro atoms. The standard InChI is InChI=1S/C24H30N6O5/c1-16-13-20(27-35-16)24(32)30-11-9-29(10-12-30)8-7-25-23(31)21-15-19(26-28(21)2)18-14-17(33-3)5-6-22(18)34-4/h5-6,13-15H,7-12H2,1-4H3,(H,25,31). The number of ether oxygens (including phenoxy) is 2. The van der Waals surface area contributed by atoms with E-state index in [1.807, 2.05) is 18.2 Å². The molecule has 0 atom stereocenters. The summed E-state index contributed by atoms with van der Waals surface area (Å²) in [7, 11) is 4.92. The Morgan fingerprint density at radius 1 is 1.09 bits per heavy atom. The number of hydrogen-bond donors (Lipinski definition) is 1. The van der Waals surface area contributed by atoms with Gasteiger partial charge in [0.15, 0.2) is 5.69 Å². The lowest BCUT2D eigenvalue weighted by molar-refractivity contribution is 0.0628. The smallest absolute Gasteiger partial charge is 0.276 e. The third-order valence-electron chi connectivity index (χ3n) is 6.02. The number of aryl methyl sites for hydroxylation is 2. The van der Waals surface area contributed by atoms with Gasteiger partial charge in [0.05, 0.1) is 19.9 Å². The van der Waals surface area contributed by atoms with Gasteiger partial charge < -0.3 is 24.2 Å². The number of methoxy groups -OCH3 is 2. The summed E-state index contributed by atoms with van der Waals surface area (Å²) < 4.78 is 17.3. The maximum absolute atomic E-state index is 12.8. The number of carbonyl (C=O) groups is 2. The fraction of sp³-hybridized carbons (Fsp3) is 0.417. The van der Waals surface area contributed by atoms with E-state index in [0.29, 0.717) is 60.5 Å². The van der Waals surface area contributed by atoms with Gasteiger partial charge in [-0.15, -0.1) is 0 Å². The van der Waals surface area contributed by atoms with Crippen LogP contribution in [-0.2, 0) is 7.05 Å². The van der Waals surface area contributed by atoms with E-state index in [2.05, 4.69) is 20.5 Å². The summed E-state index contributed by atoms with van der Waals surface area (Å²) in [6.45, 7) is 5.59. The number of carbonyl (C=O) groups excluding carboxylic acids is 2. The highest BCUT2D eigenvalue weighted by Gasteiger charge is 2.24. The molecule has 0 bridgehead atoms. The van der Waals surface area contributed by atoms with Crippen LogP contribution >= 0.6 is 0 Å². The van der Waals surface area contributed by atoms with Gasteiger partial charge in [-0.2, -0.15) is 5.10 Å². The first-order valence-corrected chi connectivity index (χ1v) is 11.4. The maximum atomic E-state index is 12.8. The third-order valence-corrected chi connectivity index (χ3v) is 6.02. The zero-order valence-corrected chi connectivity index (χ0v) is 20.4. The molecule has 1 saturated heterocycles. The second-order valence-corrected chi connectivity index (χ2v) is 8.32. The minimum Gasteiger partial charge on any atom is -0.497 e. The van der Waals surface area contributed by atoms with E-state index in [1.165, 1.54) is 0 Å². The number of benzene rings is 1. The van der Waals surface area contributed by atoms with Gasteiger partial charge in [-0.25, -0.2) is 0 Å². The van der Waals surface area contributed by atoms with Crippen molar-refractivity contribution in [1.82, 2.24) is 30.1 Å². The van der Waals surface area contributed by atoms with Crippen LogP contribution in [0.3, 0.4) is 0 Å². The zero-order valence-electron chi connectivity index (χ0n) is 20.4. The zero-order chi connectivity index (χ0) is 24.9. The molecule has 0 unspecified atom stereocenters. The topological polar surface area (TPSA) is 115 Å². The first-order chi connectivity index (χ1) is 16.9. The number of piperazine rings is 1. The first-order valence-electron chi connectivity index (χ1n) is 11.4. The van der Waals surface area contributed by atoms with Crippen LogP contribution in [0.1, 0.15) is 26.7 Å². The van der Waals surface area contributed by atoms with Gasteiger partial charge in [0.25, 0.3) is 11.8 Å². The van der Waals surface area contributed by atoms with E-state index in [-0.39, 0.29) is 11.8 Å². The van der Waals surface area contributed by atoms with E-state index in [4.69, 9.17) is 14.0 Å². The molecule has 186 valence electrons. The van der Waals surface area contributed by atoms with Gasteiger partial charge >= 0.3 is 0 Å². The van der Waals surface area contributed by atoms with Crippen LogP contribution < -0.4 is 14.8 Å². The normalized spacial score (nSPS) is 14.1. The molecule has 3 aromatic rings. The van der Waals surface area contributed by atoms with Gasteiger partial charge in [-0.3, -0.25) is 19.2 Å². The molecule has 0 aliphatic carbocycles. The van der Waals surface area contributed by atoms with Gasteiger partial charge in [0.1, 0.15) is 23.0 Å². The second kappa shape index (κ2) is 10.6. The first kappa shape index (κ1) is 24.3. The minimum absolute atomic E-state index is 0.116. The largest absolute Gasteiger partial charge is 0.497 e. The summed E-state index contributed by atoms with van der Waals surface area (Å²) in [6.07, 6.45) is 0. The van der Waals surface area contributed by atoms with E-state index in [1.54, 1.807) is 49.9 Å². The van der Waals surface area contributed by atoms with Crippen LogP contribution in [0.15, 0.2) is 34.9 Å². The van der Waals surface area contributed by atoms with Gasteiger partial charge in [0.2, 0.25) is 0 Å². The van der Waals surface area contributed by atoms with Gasteiger partial charge in [-0.1, -0.05) is 5.16 Å². The number of nitrogens with one attached hydrogen (secondary N) is 1. The Bertz CT molecular complexity index is 1190. The van der Waals surface area contributed by atoms with E-state index in [9.17, 15) is 9.59 Å². The Morgan fingerprint density at radius 3 is 2.51 bits per heavy atom. The Balaban J connectivity index is 1.29. The number of nitrogens with zero attached hydrogens (tertiary/aromatic N) is 5. The summed E-state index contributed by atoms with van der Waals surface area (Å²) in [5.74, 6) is 1.62. The minimum atomic E-state index is -0.205. The monoisotopic (exact) mass is 482 g/mol. The highest BCUT2D eigenvalue weighted by atomic mass is 16.5. The molecule has 11 nitrogen and oxygen atoms in total. The average Bonchev–Trinajstić information content (AvgIpc) is 3.49. The molecule has 0 saturated carbocycles. The molecular formula is C24H30N6O5. The lowest BCUT2D eigenvalue weighted by atomic mass is 10.1. The SMILES string of the molecule is COc1ccc(OC)c(-c2cc(C(=O)NCCN3CCN(C(=O)c4cc(C)on4)CC3)n(C)n2)c1. The summed E-state index contributed by atoms with van der Waals surface area (Å²) in [5, 5.41) is 11.3. The summed E-state index contributed by atoms with van der Waals surface area (Å²) in [5.41, 5.74) is 2.15. The average molecular weight is 483 g/mol. The van der Waals surface area contributed by atoms with Gasteiger partial charge in [0, 0.05) is 57.9 Å². The highest BCUT2D eigenvalue weighted by Crippen LogP contribution is 2.32. The van der Waals surface area contributed by atoms with Crippen molar-refractivity contribution in [3.63, 3.8) is 0 Å². The summed E-state index contributed by atoms with van der Waals surface area (Å²) in [6, 6.07) is 8.84. The number of rotatable bonds is 8. The van der Waals surface area contributed by atoms with Crippen molar-refractivity contribution >= 4 is 11.8 Å². The van der Waals surface area contributed by atoms with Crippen molar-refractivity contribution in [2.24, 2.45) is 7.05 Å². The predicted molar refractivity (Wildman–Crippen MR) is 128 cm³/mol. The molecule has 2 aromatic heterocycles. The third kappa shape index (κ3) is 5.46. The molecule has 1 fully saturated rings. The molecule has 1 aliphatic rings. The Hall–Kier alpha value is -3.86. The predicted octanol–water partition coefficient (Wildman–Crippen LogP) is 1.59. The van der Waals surface area contributed by atoms with Crippen LogP contribution in [0.5, 0.6) is 11.5 Å². The van der Waals surface area contributed by atoms with Gasteiger partial charge in [-0.05, 0) is 31.2 Å². The molecule has 1 N–H and O–H groups in total. The van der Waals surface area contributed by atoms with Crippen molar-refractivity contribution in [3.05, 3.63) is 47.5 Å². The molecule has 35 heavy (non-hydrogen) atoms. The quantitative estimate of drug-likeness (QED) is 0.515. The molecule has 2 amide bonds. The van der Waals surface area contributed by atoms with Crippen molar-refractivity contribution < 1.29 is 23.6 Å². The molecular weight excluding hydrogens is 452 g/mol. The molecule has 1 aliphatic heterocycles. The van der Waals surface area contributed by atoms with Crippen LogP contribution in [0.4, 0.5) is 0 Å². The maximum Gasteiger partial charge on any atom is 0.276 e. The molecule has 11 heteroatoms. The van der Waals surface area contributed by atoms with Crippen molar-refractivity contribution in [2.45, 2.75) is 6.92 Å². The second-order valence-electron chi connectivity index (χ2n) is 8.32. The summed E-state index contributed by atoms with van der Waals surface area (Å²) >= 11 is 0. The van der Waals surface area contributed by atoms with Crippen molar-refractivity contribution in [1.29, 1.82) is 0 Å². The van der Waals surface area contributed by atoms with Crippen LogP contribution in [0, 0.1) is 6.92 Å². The van der Waals surface area contributed by atoms with E-state index >= 15 is 0 Å². The highest BCUT2D eigenvalue weighted by molar-refractivity contribution is 5.94. The van der Waals surface area contributed by atoms with Crippen LogP contribution in [0.25, 0.3) is 11.3 Å². The lowest BCUT2D eigenvalue weighted by Gasteiger charge is -2.34. The Morgan fingerprint density at radius 2 is 1.86 bits per heavy atom. The number of amides is 2. The number of hydrogen-bond acceptors (Lipinski definition) is 8. The van der Waals surface area contributed by atoms with Crippen molar-refractivity contribution in [3.8, 4) is 22.8 Å². The van der Waals surface area contributed by atoms with Crippen LogP contribution in [-0.4, -0.2) is 90.0 Å². The fourth-order valence-electron chi connectivity index (χ4n) is 4.05. The Labute approximate surface area is 203 Å². The lowest BCUT2D eigenvalue weighted by Crippen LogP contribution is -2.50. The van der Waals surface area contributed by atoms with E-state index < -0.39 is 0 Å². The Kier molecular flexibility index (Phi) is 7.35. The molecule has 3 heterocycles. The molecule has 4 rings (SSSR count). The summed E-state index contributed by atoms with van der Waals surface area (Å²) in [4.78, 5) is 29.3. The van der Waals surface area contributed by atoms with Crippen molar-refractivity contribution in [2.75, 3.05) is 53.5 Å². The molecule has 0 radical (unpaired) electrons. The molecule has 1 aromatic carbocycles. The number of aromatic nitrogens is 3. The van der Waals surface area contributed by atoms with E-state index in [0.717, 1.165) is 18.7 Å². The van der Waals surface area contributed by atoms with Crippen LogP contribution in [0.2, 0.25) is 0 Å². The fourth-order valence-corrected chi connectivity index (χ4v) is 4.05.